The van der Waals surface area contributed by atoms with Crippen LogP contribution in [-0.4, -0.2) is 98.5 Å². The molecule has 2 heterocycles. The van der Waals surface area contributed by atoms with E-state index in [2.05, 4.69) is 15.3 Å². The number of benzene rings is 1. The number of fused-ring (bicyclic) bond motifs is 1. The van der Waals surface area contributed by atoms with Crippen molar-refractivity contribution in [2.45, 2.75) is 157 Å². The van der Waals surface area contributed by atoms with Crippen LogP contribution in [0.2, 0.25) is 5.15 Å². The molecule has 4 atom stereocenters. The van der Waals surface area contributed by atoms with Gasteiger partial charge in [-0.25, -0.2) is 29.0 Å². The van der Waals surface area contributed by atoms with Gasteiger partial charge in [-0.05, 0) is 122 Å². The zero-order valence-electron chi connectivity index (χ0n) is 37.9. The zero-order chi connectivity index (χ0) is 46.7. The van der Waals surface area contributed by atoms with Gasteiger partial charge < -0.3 is 43.2 Å². The van der Waals surface area contributed by atoms with Gasteiger partial charge in [-0.3, -0.25) is 0 Å². The minimum atomic E-state index is -1.39. The second kappa shape index (κ2) is 18.7. The summed E-state index contributed by atoms with van der Waals surface area (Å²) in [4.78, 5) is 81.5. The van der Waals surface area contributed by atoms with E-state index in [4.69, 9.17) is 54.5 Å². The Morgan fingerprint density at radius 2 is 1.16 bits per heavy atom. The highest BCUT2D eigenvalue weighted by Gasteiger charge is 2.51. The third kappa shape index (κ3) is 14.7. The lowest BCUT2D eigenvalue weighted by molar-refractivity contribution is -0.0907. The number of carbonyl (C=O) groups excluding carboxylic acids is 5. The molecule has 1 N–H and O–H groups in total. The molecule has 0 spiro atoms. The minimum Gasteiger partial charge on any atom is -0.443 e. The molecule has 0 saturated heterocycles. The number of para-hydroxylation sites is 1. The standard InChI is InChI=1S/C42H58ClN5O13S/c1-38(2,3)57-33(49)48(34(50)58-39(4,5)6)32-46-29(43)26(31-45-23-18-16-17-19-25(23)62-31)30(47-32)44-24-20-22(21-54-35(51)59-40(7,8)9)27(55-36(52)60-41(10,11)12)28(24)56-37(53)61-42(13,14)15/h16-19,22,24,27-28H,20-21H2,1-15H3,(H,44,46,47)/t22-,24-,27-,28+/m1/s1. The highest BCUT2D eigenvalue weighted by molar-refractivity contribution is 7.21. The summed E-state index contributed by atoms with van der Waals surface area (Å²) in [6, 6.07) is 6.26. The van der Waals surface area contributed by atoms with E-state index in [0.717, 1.165) is 4.70 Å². The van der Waals surface area contributed by atoms with Crippen LogP contribution < -0.4 is 10.2 Å². The Bertz CT molecular complexity index is 2070. The molecule has 2 amide bonds. The SMILES string of the molecule is CC(C)(C)OC(=O)OC[C@H]1C[C@@H](Nc2nc(N(C(=O)OC(C)(C)C)C(=O)OC(C)(C)C)nc(Cl)c2-c2nc3ccccc3s2)[C@H](OC(=O)OC(C)(C)C)[C@@H]1OC(=O)OC(C)(C)C. The molecule has 4 rings (SSSR count). The summed E-state index contributed by atoms with van der Waals surface area (Å²) in [7, 11) is 0. The molecule has 342 valence electrons. The Kier molecular flexibility index (Phi) is 14.9. The molecular formula is C42H58ClN5O13S. The van der Waals surface area contributed by atoms with Crippen LogP contribution in [0.15, 0.2) is 24.3 Å². The summed E-state index contributed by atoms with van der Waals surface area (Å²) < 4.78 is 45.6. The van der Waals surface area contributed by atoms with Crippen LogP contribution in [0.25, 0.3) is 20.8 Å². The largest absolute Gasteiger partial charge is 0.509 e. The van der Waals surface area contributed by atoms with Crippen LogP contribution >= 0.6 is 22.9 Å². The minimum absolute atomic E-state index is 0.0260. The molecular weight excluding hydrogens is 850 g/mol. The molecule has 1 aliphatic carbocycles. The number of ether oxygens (including phenoxy) is 8. The van der Waals surface area contributed by atoms with Crippen molar-refractivity contribution in [3.05, 3.63) is 29.4 Å². The maximum atomic E-state index is 13.8. The van der Waals surface area contributed by atoms with Gasteiger partial charge in [-0.1, -0.05) is 23.7 Å². The van der Waals surface area contributed by atoms with Crippen LogP contribution in [0.4, 0.5) is 35.7 Å². The first-order chi connectivity index (χ1) is 28.3. The van der Waals surface area contributed by atoms with Gasteiger partial charge in [0.15, 0.2) is 12.2 Å². The van der Waals surface area contributed by atoms with Crippen molar-refractivity contribution in [3.8, 4) is 10.6 Å². The molecule has 0 aliphatic heterocycles. The molecule has 18 nitrogen and oxygen atoms in total. The van der Waals surface area contributed by atoms with Crippen LogP contribution in [0, 0.1) is 5.92 Å². The van der Waals surface area contributed by atoms with Crippen molar-refractivity contribution < 1.29 is 61.9 Å². The molecule has 1 aliphatic rings. The van der Waals surface area contributed by atoms with E-state index in [-0.39, 0.29) is 29.6 Å². The Hall–Kier alpha value is -5.17. The number of thiazole rings is 1. The van der Waals surface area contributed by atoms with Crippen molar-refractivity contribution in [2.24, 2.45) is 5.92 Å². The Labute approximate surface area is 370 Å². The fourth-order valence-corrected chi connectivity index (χ4v) is 7.08. The topological polar surface area (TPSA) is 213 Å². The number of anilines is 2. The lowest BCUT2D eigenvalue weighted by Gasteiger charge is -2.30. The van der Waals surface area contributed by atoms with Crippen LogP contribution in [-0.2, 0) is 37.9 Å². The Morgan fingerprint density at radius 1 is 0.677 bits per heavy atom. The summed E-state index contributed by atoms with van der Waals surface area (Å²) in [5.41, 5.74) is -4.25. The maximum absolute atomic E-state index is 13.8. The number of halogens is 1. The average molecular weight is 908 g/mol. The second-order valence-electron chi connectivity index (χ2n) is 19.4. The summed E-state index contributed by atoms with van der Waals surface area (Å²) >= 11 is 8.25. The van der Waals surface area contributed by atoms with E-state index >= 15 is 0 Å². The molecule has 0 unspecified atom stereocenters. The van der Waals surface area contributed by atoms with Crippen LogP contribution in [0.3, 0.4) is 0 Å². The van der Waals surface area contributed by atoms with E-state index in [1.54, 1.807) is 110 Å². The molecule has 1 fully saturated rings. The van der Waals surface area contributed by atoms with Gasteiger partial charge >= 0.3 is 30.7 Å². The number of nitrogens with zero attached hydrogens (tertiary/aromatic N) is 4. The first-order valence-corrected chi connectivity index (χ1v) is 21.1. The van der Waals surface area contributed by atoms with Crippen molar-refractivity contribution in [2.75, 3.05) is 16.8 Å². The lowest BCUT2D eigenvalue weighted by Crippen LogP contribution is -2.45. The van der Waals surface area contributed by atoms with Gasteiger partial charge in [0, 0.05) is 5.92 Å². The molecule has 0 bridgehead atoms. The fourth-order valence-electron chi connectivity index (χ4n) is 5.76. The van der Waals surface area contributed by atoms with Crippen molar-refractivity contribution in [3.63, 3.8) is 0 Å². The van der Waals surface area contributed by atoms with Crippen molar-refractivity contribution in [1.29, 1.82) is 0 Å². The van der Waals surface area contributed by atoms with E-state index in [1.807, 2.05) is 18.2 Å². The quantitative estimate of drug-likeness (QED) is 0.126. The number of rotatable bonds is 8. The third-order valence-corrected chi connectivity index (χ3v) is 9.15. The Balaban J connectivity index is 1.94. The summed E-state index contributed by atoms with van der Waals surface area (Å²) in [5.74, 6) is -1.51. The number of hydrogen-bond donors (Lipinski definition) is 1. The molecule has 1 saturated carbocycles. The first-order valence-electron chi connectivity index (χ1n) is 19.9. The highest BCUT2D eigenvalue weighted by atomic mass is 35.5. The Morgan fingerprint density at radius 3 is 1.66 bits per heavy atom. The summed E-state index contributed by atoms with van der Waals surface area (Å²) in [6.45, 7) is 24.1. The molecule has 20 heteroatoms. The van der Waals surface area contributed by atoms with Crippen molar-refractivity contribution in [1.82, 2.24) is 15.0 Å². The summed E-state index contributed by atoms with van der Waals surface area (Å²) in [6.07, 6.45) is -8.30. The second-order valence-corrected chi connectivity index (χ2v) is 20.8. The number of carbonyl (C=O) groups is 5. The normalized spacial score (nSPS) is 18.3. The van der Waals surface area contributed by atoms with E-state index in [0.29, 0.717) is 15.4 Å². The highest BCUT2D eigenvalue weighted by Crippen LogP contribution is 2.42. The van der Waals surface area contributed by atoms with Gasteiger partial charge in [0.05, 0.1) is 21.8 Å². The average Bonchev–Trinajstić information content (AvgIpc) is 3.60. The maximum Gasteiger partial charge on any atom is 0.509 e. The van der Waals surface area contributed by atoms with Gasteiger partial charge in [-0.2, -0.15) is 9.97 Å². The molecule has 2 aromatic heterocycles. The molecule has 62 heavy (non-hydrogen) atoms. The third-order valence-electron chi connectivity index (χ3n) is 7.83. The van der Waals surface area contributed by atoms with E-state index in [9.17, 15) is 24.0 Å². The van der Waals surface area contributed by atoms with Gasteiger partial charge in [0.25, 0.3) is 0 Å². The monoisotopic (exact) mass is 907 g/mol. The smallest absolute Gasteiger partial charge is 0.443 e. The van der Waals surface area contributed by atoms with Crippen LogP contribution in [0.1, 0.15) is 110 Å². The predicted molar refractivity (Wildman–Crippen MR) is 231 cm³/mol. The van der Waals surface area contributed by atoms with Crippen molar-refractivity contribution >= 4 is 75.6 Å². The number of hydrogen-bond acceptors (Lipinski definition) is 18. The van der Waals surface area contributed by atoms with Gasteiger partial charge in [0.2, 0.25) is 5.95 Å². The number of imide groups is 1. The van der Waals surface area contributed by atoms with Gasteiger partial charge in [0.1, 0.15) is 50.6 Å². The molecule has 0 radical (unpaired) electrons. The lowest BCUT2D eigenvalue weighted by atomic mass is 10.1. The van der Waals surface area contributed by atoms with E-state index < -0.39 is 88.8 Å². The van der Waals surface area contributed by atoms with E-state index in [1.165, 1.54) is 11.3 Å². The molecule has 3 aromatic rings. The summed E-state index contributed by atoms with van der Waals surface area (Å²) in [5, 5.41) is 3.34. The number of nitrogens with one attached hydrogen (secondary N) is 1. The number of aromatic nitrogens is 3. The molecule has 1 aromatic carbocycles. The fraction of sp³-hybridized carbons (Fsp3) is 0.619. The zero-order valence-corrected chi connectivity index (χ0v) is 39.5. The number of amides is 2. The van der Waals surface area contributed by atoms with Gasteiger partial charge in [-0.15, -0.1) is 16.2 Å². The first kappa shape index (κ1) is 49.5. The van der Waals surface area contributed by atoms with Crippen LogP contribution in [0.5, 0.6) is 0 Å². The predicted octanol–water partition coefficient (Wildman–Crippen LogP) is 10.5.